The van der Waals surface area contributed by atoms with Crippen molar-refractivity contribution >= 4 is 60.4 Å². The smallest absolute Gasteiger partial charge is 0.500 e. The predicted octanol–water partition coefficient (Wildman–Crippen LogP) is 4.36. The van der Waals surface area contributed by atoms with Gasteiger partial charge in [-0.15, -0.1) is 11.6 Å². The summed E-state index contributed by atoms with van der Waals surface area (Å²) in [5, 5.41) is 18.3. The van der Waals surface area contributed by atoms with Crippen molar-refractivity contribution < 1.29 is 14.5 Å². The molecule has 3 heterocycles. The molecule has 1 atom stereocenters. The Morgan fingerprint density at radius 2 is 1.89 bits per heavy atom. The number of anilines is 2. The van der Waals surface area contributed by atoms with Gasteiger partial charge in [-0.05, 0) is 39.1 Å². The molecule has 4 rings (SSSR count). The third-order valence-corrected chi connectivity index (χ3v) is 8.05. The van der Waals surface area contributed by atoms with Gasteiger partial charge in [-0.2, -0.15) is 5.10 Å². The van der Waals surface area contributed by atoms with Gasteiger partial charge in [0.1, 0.15) is 17.8 Å². The second-order valence-electron chi connectivity index (χ2n) is 8.89. The zero-order valence-electron chi connectivity index (χ0n) is 22.0. The monoisotopic (exact) mass is 647 g/mol. The first-order valence-electron chi connectivity index (χ1n) is 12.1. The number of benzene rings is 1. The number of aliphatic hydroxyl groups excluding tert-OH is 1. The fourth-order valence-corrected chi connectivity index (χ4v) is 6.34. The molecular weight excluding hydrogens is 616 g/mol. The van der Waals surface area contributed by atoms with E-state index in [0.717, 1.165) is 33.7 Å². The minimum atomic E-state index is -0.212. The minimum absolute atomic E-state index is 0.0208. The van der Waals surface area contributed by atoms with Crippen LogP contribution in [0, 0.1) is 0 Å². The molecule has 38 heavy (non-hydrogen) atoms. The lowest BCUT2D eigenvalue weighted by molar-refractivity contribution is 0.293. The van der Waals surface area contributed by atoms with Crippen LogP contribution < -0.4 is 19.6 Å². The number of aromatic nitrogens is 5. The molecule has 0 aliphatic heterocycles. The third-order valence-electron chi connectivity index (χ3n) is 5.90. The first-order chi connectivity index (χ1) is 18.3. The van der Waals surface area contributed by atoms with Gasteiger partial charge < -0.3 is 24.7 Å². The molecule has 0 saturated carbocycles. The van der Waals surface area contributed by atoms with E-state index in [9.17, 15) is 5.11 Å². The second-order valence-corrected chi connectivity index (χ2v) is 12.2. The molecule has 0 spiro atoms. The molecular formula is C25H31BIN7O3S. The van der Waals surface area contributed by atoms with Crippen molar-refractivity contribution in [3.8, 4) is 22.8 Å². The summed E-state index contributed by atoms with van der Waals surface area (Å²) >= 11 is 3.79. The Balaban J connectivity index is 1.78. The van der Waals surface area contributed by atoms with Crippen molar-refractivity contribution in [1.29, 1.82) is 0 Å². The molecule has 0 bridgehead atoms. The number of methoxy groups -OCH3 is 1. The highest BCUT2D eigenvalue weighted by Gasteiger charge is 2.22. The molecule has 1 aromatic carbocycles. The molecule has 13 heteroatoms. The Kier molecular flexibility index (Phi) is 9.68. The molecule has 0 aliphatic carbocycles. The number of aliphatic hydroxyl groups is 1. The van der Waals surface area contributed by atoms with Gasteiger partial charge in [-0.1, -0.05) is 22.4 Å². The van der Waals surface area contributed by atoms with E-state index in [4.69, 9.17) is 14.4 Å². The summed E-state index contributed by atoms with van der Waals surface area (Å²) in [6, 6.07) is 7.92. The van der Waals surface area contributed by atoms with E-state index >= 15 is 0 Å². The van der Waals surface area contributed by atoms with E-state index in [0.29, 0.717) is 18.0 Å². The van der Waals surface area contributed by atoms with Crippen LogP contribution in [0.2, 0.25) is 0 Å². The van der Waals surface area contributed by atoms with E-state index in [2.05, 4.69) is 56.6 Å². The van der Waals surface area contributed by atoms with Crippen LogP contribution in [0.4, 0.5) is 11.4 Å². The molecule has 3 aromatic heterocycles. The van der Waals surface area contributed by atoms with E-state index in [1.807, 2.05) is 54.1 Å². The zero-order valence-corrected chi connectivity index (χ0v) is 25.0. The molecule has 0 aliphatic rings. The molecule has 2 N–H and O–H groups in total. The van der Waals surface area contributed by atoms with Gasteiger partial charge in [-0.25, -0.2) is 19.6 Å². The van der Waals surface area contributed by atoms with Crippen LogP contribution >= 0.6 is 34.0 Å². The van der Waals surface area contributed by atoms with Crippen molar-refractivity contribution in [2.45, 2.75) is 25.1 Å². The lowest BCUT2D eigenvalue weighted by atomic mass is 10.1. The Morgan fingerprint density at radius 1 is 1.16 bits per heavy atom. The molecule has 10 nitrogen and oxygen atoms in total. The topological polar surface area (TPSA) is 110 Å². The van der Waals surface area contributed by atoms with Crippen LogP contribution in [0.3, 0.4) is 0 Å². The Labute approximate surface area is 240 Å². The van der Waals surface area contributed by atoms with E-state index in [1.54, 1.807) is 31.1 Å². The van der Waals surface area contributed by atoms with Gasteiger partial charge in [-0.3, -0.25) is 0 Å². The van der Waals surface area contributed by atoms with E-state index in [-0.39, 0.29) is 21.9 Å². The highest BCUT2D eigenvalue weighted by Crippen LogP contribution is 2.37. The fraction of sp³-hybridized carbons (Fsp3) is 0.360. The van der Waals surface area contributed by atoms with Crippen LogP contribution in [0.5, 0.6) is 11.5 Å². The van der Waals surface area contributed by atoms with Gasteiger partial charge >= 0.3 is 4.05 Å². The number of ether oxygens (including phenoxy) is 1. The van der Waals surface area contributed by atoms with Crippen molar-refractivity contribution in [3.05, 3.63) is 49.2 Å². The van der Waals surface area contributed by atoms with Gasteiger partial charge in [0.15, 0.2) is 5.65 Å². The van der Waals surface area contributed by atoms with Crippen LogP contribution in [-0.4, -0.2) is 73.5 Å². The molecule has 0 radical (unpaired) electrons. The summed E-state index contributed by atoms with van der Waals surface area (Å²) in [5.41, 5.74) is 4.16. The number of rotatable bonds is 12. The van der Waals surface area contributed by atoms with Crippen molar-refractivity contribution in [1.82, 2.24) is 30.0 Å². The van der Waals surface area contributed by atoms with Crippen molar-refractivity contribution in [2.24, 2.45) is 0 Å². The van der Waals surface area contributed by atoms with Crippen molar-refractivity contribution in [3.63, 3.8) is 0 Å². The standard InChI is InChI=1S/C25H31BIN7O3S/c1-16(2)34-25-22(13-31-34)24(33(4)18-10-29-15-30-11-18)9-23(32-25)17-6-19(36-5)8-20(7-17)37-26(27)38-21(14-35)12-28-3/h6-11,13,15-16,21,28,35H,12,14H2,1-5H3. The Bertz CT molecular complexity index is 1360. The second kappa shape index (κ2) is 13.0. The summed E-state index contributed by atoms with van der Waals surface area (Å²) in [6.07, 6.45) is 6.91. The normalized spacial score (nSPS) is 12.1. The number of pyridine rings is 1. The van der Waals surface area contributed by atoms with E-state index < -0.39 is 0 Å². The summed E-state index contributed by atoms with van der Waals surface area (Å²) < 4.78 is 13.6. The SMILES string of the molecule is CNCC(CO)SB(I)Oc1cc(OC)cc(-c2cc(N(C)c3cncnc3)c3cnn(C(C)C)c3n2)c1. The first kappa shape index (κ1) is 28.4. The van der Waals surface area contributed by atoms with Crippen LogP contribution in [0.25, 0.3) is 22.3 Å². The maximum atomic E-state index is 9.66. The maximum absolute atomic E-state index is 9.66. The van der Waals surface area contributed by atoms with Crippen LogP contribution in [-0.2, 0) is 0 Å². The summed E-state index contributed by atoms with van der Waals surface area (Å²) in [4.78, 5) is 15.4. The predicted molar refractivity (Wildman–Crippen MR) is 163 cm³/mol. The third kappa shape index (κ3) is 6.50. The molecule has 0 fully saturated rings. The highest BCUT2D eigenvalue weighted by atomic mass is 127. The summed E-state index contributed by atoms with van der Waals surface area (Å²) in [5.74, 6) is 1.31. The average molecular weight is 647 g/mol. The minimum Gasteiger partial charge on any atom is -0.542 e. The van der Waals surface area contributed by atoms with Gasteiger partial charge in [0.05, 0.1) is 54.8 Å². The summed E-state index contributed by atoms with van der Waals surface area (Å²) in [7, 11) is 5.48. The van der Waals surface area contributed by atoms with E-state index in [1.165, 1.54) is 6.33 Å². The van der Waals surface area contributed by atoms with Crippen LogP contribution in [0.15, 0.2) is 49.2 Å². The van der Waals surface area contributed by atoms with Gasteiger partial charge in [0.2, 0.25) is 0 Å². The number of halogens is 1. The zero-order chi connectivity index (χ0) is 27.2. The molecule has 0 saturated heterocycles. The largest absolute Gasteiger partial charge is 0.542 e. The molecule has 1 unspecified atom stereocenters. The Morgan fingerprint density at radius 3 is 2.55 bits per heavy atom. The first-order valence-corrected chi connectivity index (χ1v) is 14.3. The van der Waals surface area contributed by atoms with Gasteiger partial charge in [0.25, 0.3) is 0 Å². The van der Waals surface area contributed by atoms with Crippen molar-refractivity contribution in [2.75, 3.05) is 39.3 Å². The number of hydrogen-bond acceptors (Lipinski definition) is 10. The fourth-order valence-electron chi connectivity index (χ4n) is 3.98. The average Bonchev–Trinajstić information content (AvgIpc) is 3.36. The van der Waals surface area contributed by atoms with Gasteiger partial charge in [0, 0.05) is 36.5 Å². The number of nitrogens with one attached hydrogen (secondary N) is 1. The van der Waals surface area contributed by atoms with Crippen LogP contribution in [0.1, 0.15) is 19.9 Å². The number of hydrogen-bond donors (Lipinski definition) is 2. The number of fused-ring (bicyclic) bond motifs is 1. The summed E-state index contributed by atoms with van der Waals surface area (Å²) in [6.45, 7) is 4.91. The lowest BCUT2D eigenvalue weighted by Crippen LogP contribution is -2.28. The highest BCUT2D eigenvalue weighted by molar-refractivity contribution is 14.1. The maximum Gasteiger partial charge on any atom is 0.500 e. The quantitative estimate of drug-likeness (QED) is 0.170. The molecule has 0 amide bonds. The molecule has 4 aromatic rings. The lowest BCUT2D eigenvalue weighted by Gasteiger charge is -2.21. The Hall–Kier alpha value is -2.62. The molecule has 200 valence electrons. The number of nitrogens with zero attached hydrogens (tertiary/aromatic N) is 6.